The van der Waals surface area contributed by atoms with Crippen LogP contribution in [0, 0.1) is 16.0 Å². The molecular formula is C15H19NO6. The van der Waals surface area contributed by atoms with Crippen LogP contribution < -0.4 is 9.47 Å². The lowest BCUT2D eigenvalue weighted by molar-refractivity contribution is -0.485. The number of carbonyl (C=O) groups excluding carboxylic acids is 1. The van der Waals surface area contributed by atoms with Crippen LogP contribution in [0.5, 0.6) is 11.5 Å². The highest BCUT2D eigenvalue weighted by atomic mass is 16.6. The summed E-state index contributed by atoms with van der Waals surface area (Å²) in [6, 6.07) is 5.31. The van der Waals surface area contributed by atoms with Gasteiger partial charge in [0.2, 0.25) is 6.54 Å². The Kier molecular flexibility index (Phi) is 4.85. The number of carbonyl (C=O) groups is 1. The number of nitrogens with zero attached hydrogens (tertiary/aromatic N) is 1. The number of para-hydroxylation sites is 1. The molecule has 0 saturated carbocycles. The first-order chi connectivity index (χ1) is 10.5. The molecule has 0 N–H and O–H groups in total. The van der Waals surface area contributed by atoms with Crippen molar-refractivity contribution < 1.29 is 23.9 Å². The van der Waals surface area contributed by atoms with Crippen LogP contribution in [0.3, 0.4) is 0 Å². The van der Waals surface area contributed by atoms with Crippen LogP contribution in [0.1, 0.15) is 24.8 Å². The molecule has 7 heteroatoms. The maximum atomic E-state index is 11.6. The molecule has 1 aliphatic rings. The van der Waals surface area contributed by atoms with Crippen molar-refractivity contribution in [1.82, 2.24) is 0 Å². The predicted molar refractivity (Wildman–Crippen MR) is 77.8 cm³/mol. The summed E-state index contributed by atoms with van der Waals surface area (Å²) >= 11 is 0. The lowest BCUT2D eigenvalue weighted by atomic mass is 9.80. The molecule has 0 saturated heterocycles. The molecule has 0 amide bonds. The van der Waals surface area contributed by atoms with E-state index in [9.17, 15) is 14.9 Å². The molecule has 1 heterocycles. The highest BCUT2D eigenvalue weighted by Crippen LogP contribution is 2.45. The smallest absolute Gasteiger partial charge is 0.309 e. The van der Waals surface area contributed by atoms with Gasteiger partial charge in [-0.1, -0.05) is 19.1 Å². The first kappa shape index (κ1) is 16.1. The summed E-state index contributed by atoms with van der Waals surface area (Å²) in [6.45, 7) is 1.63. The fourth-order valence-electron chi connectivity index (χ4n) is 2.81. The molecule has 0 radical (unpaired) electrons. The Labute approximate surface area is 128 Å². The van der Waals surface area contributed by atoms with Crippen molar-refractivity contribution in [1.29, 1.82) is 0 Å². The van der Waals surface area contributed by atoms with Crippen LogP contribution >= 0.6 is 0 Å². The minimum atomic E-state index is -0.485. The molecule has 0 unspecified atom stereocenters. The molecule has 1 aliphatic heterocycles. The number of benzene rings is 1. The summed E-state index contributed by atoms with van der Waals surface area (Å²) < 4.78 is 15.8. The van der Waals surface area contributed by atoms with E-state index in [1.165, 1.54) is 14.2 Å². The maximum absolute atomic E-state index is 11.6. The summed E-state index contributed by atoms with van der Waals surface area (Å²) in [5.41, 5.74) is 0.740. The quantitative estimate of drug-likeness (QED) is 0.470. The summed E-state index contributed by atoms with van der Waals surface area (Å²) in [6.07, 6.45) is -0.440. The Bertz CT molecular complexity index is 573. The Morgan fingerprint density at radius 2 is 2.14 bits per heavy atom. The third-order valence-electron chi connectivity index (χ3n) is 4.06. The lowest BCUT2D eigenvalue weighted by Gasteiger charge is -2.36. The molecule has 7 nitrogen and oxygen atoms in total. The van der Waals surface area contributed by atoms with E-state index in [2.05, 4.69) is 4.74 Å². The van der Waals surface area contributed by atoms with E-state index in [4.69, 9.17) is 9.47 Å². The lowest BCUT2D eigenvalue weighted by Crippen LogP contribution is -2.38. The van der Waals surface area contributed by atoms with Gasteiger partial charge in [0.05, 0.1) is 26.6 Å². The van der Waals surface area contributed by atoms with Crippen LogP contribution in [0.25, 0.3) is 0 Å². The standard InChI is InChI=1S/C15H19NO6/c1-9-11(8-16(18)19)10-5-4-6-12(20-2)15(10)22-13(9)7-14(17)21-3/h4-6,9,11,13H,7-8H2,1-3H3/t9-,11+,13-/m0/s1. The van der Waals surface area contributed by atoms with Gasteiger partial charge in [0.1, 0.15) is 6.10 Å². The second-order valence-electron chi connectivity index (χ2n) is 5.30. The summed E-state index contributed by atoms with van der Waals surface area (Å²) in [5, 5.41) is 11.0. The van der Waals surface area contributed by atoms with E-state index in [-0.39, 0.29) is 29.7 Å². The van der Waals surface area contributed by atoms with Gasteiger partial charge in [-0.2, -0.15) is 0 Å². The van der Waals surface area contributed by atoms with Gasteiger partial charge in [-0.3, -0.25) is 14.9 Å². The number of ether oxygens (including phenoxy) is 3. The summed E-state index contributed by atoms with van der Waals surface area (Å²) in [7, 11) is 2.81. The second kappa shape index (κ2) is 6.64. The van der Waals surface area contributed by atoms with E-state index in [1.807, 2.05) is 6.92 Å². The van der Waals surface area contributed by atoms with Crippen molar-refractivity contribution in [2.24, 2.45) is 5.92 Å². The first-order valence-electron chi connectivity index (χ1n) is 7.00. The Balaban J connectivity index is 2.41. The topological polar surface area (TPSA) is 87.9 Å². The zero-order valence-corrected chi connectivity index (χ0v) is 12.8. The monoisotopic (exact) mass is 309 g/mol. The molecule has 1 aromatic carbocycles. The average molecular weight is 309 g/mol. The fraction of sp³-hybridized carbons (Fsp3) is 0.533. The van der Waals surface area contributed by atoms with Crippen molar-refractivity contribution in [3.05, 3.63) is 33.9 Å². The molecule has 0 bridgehead atoms. The van der Waals surface area contributed by atoms with Gasteiger partial charge in [0, 0.05) is 16.4 Å². The molecule has 1 aromatic rings. The number of nitro groups is 1. The average Bonchev–Trinajstić information content (AvgIpc) is 2.50. The van der Waals surface area contributed by atoms with Gasteiger partial charge in [-0.15, -0.1) is 0 Å². The minimum Gasteiger partial charge on any atom is -0.493 e. The third kappa shape index (κ3) is 3.13. The first-order valence-corrected chi connectivity index (χ1v) is 7.00. The molecule has 22 heavy (non-hydrogen) atoms. The normalized spacial score (nSPS) is 23.1. The van der Waals surface area contributed by atoms with Gasteiger partial charge in [-0.25, -0.2) is 0 Å². The molecular weight excluding hydrogens is 290 g/mol. The van der Waals surface area contributed by atoms with Crippen LogP contribution in [0.2, 0.25) is 0 Å². The number of hydrogen-bond donors (Lipinski definition) is 0. The van der Waals surface area contributed by atoms with Crippen molar-refractivity contribution in [2.75, 3.05) is 20.8 Å². The molecule has 3 atom stereocenters. The largest absolute Gasteiger partial charge is 0.493 e. The van der Waals surface area contributed by atoms with Gasteiger partial charge in [0.15, 0.2) is 11.5 Å². The second-order valence-corrected chi connectivity index (χ2v) is 5.30. The van der Waals surface area contributed by atoms with Crippen LogP contribution in [-0.4, -0.2) is 37.8 Å². The van der Waals surface area contributed by atoms with E-state index >= 15 is 0 Å². The van der Waals surface area contributed by atoms with Crippen molar-refractivity contribution >= 4 is 5.97 Å². The van der Waals surface area contributed by atoms with E-state index in [1.54, 1.807) is 18.2 Å². The van der Waals surface area contributed by atoms with Crippen molar-refractivity contribution in [3.8, 4) is 11.5 Å². The third-order valence-corrected chi connectivity index (χ3v) is 4.06. The van der Waals surface area contributed by atoms with Crippen LogP contribution in [-0.2, 0) is 9.53 Å². The number of methoxy groups -OCH3 is 2. The Morgan fingerprint density at radius 3 is 2.73 bits per heavy atom. The molecule has 0 aliphatic carbocycles. The molecule has 0 spiro atoms. The van der Waals surface area contributed by atoms with Crippen molar-refractivity contribution in [2.45, 2.75) is 25.4 Å². The SMILES string of the molecule is COC(=O)C[C@@H]1Oc2c(OC)cccc2[C@H](C[N+](=O)[O-])[C@@H]1C. The van der Waals surface area contributed by atoms with Gasteiger partial charge in [-0.05, 0) is 6.07 Å². The van der Waals surface area contributed by atoms with Crippen LogP contribution in [0.15, 0.2) is 18.2 Å². The number of rotatable bonds is 5. The predicted octanol–water partition coefficient (Wildman–Crippen LogP) is 2.02. The number of esters is 1. The number of fused-ring (bicyclic) bond motifs is 1. The van der Waals surface area contributed by atoms with E-state index in [0.717, 1.165) is 5.56 Å². The zero-order valence-electron chi connectivity index (χ0n) is 12.8. The Hall–Kier alpha value is -2.31. The Morgan fingerprint density at radius 1 is 1.41 bits per heavy atom. The number of hydrogen-bond acceptors (Lipinski definition) is 6. The van der Waals surface area contributed by atoms with Gasteiger partial charge >= 0.3 is 5.97 Å². The highest BCUT2D eigenvalue weighted by molar-refractivity contribution is 5.70. The van der Waals surface area contributed by atoms with Crippen LogP contribution in [0.4, 0.5) is 0 Å². The molecule has 0 fully saturated rings. The molecule has 0 aromatic heterocycles. The zero-order chi connectivity index (χ0) is 16.3. The highest BCUT2D eigenvalue weighted by Gasteiger charge is 2.40. The molecule has 2 rings (SSSR count). The van der Waals surface area contributed by atoms with Gasteiger partial charge < -0.3 is 14.2 Å². The summed E-state index contributed by atoms with van der Waals surface area (Å²) in [4.78, 5) is 22.2. The fourth-order valence-corrected chi connectivity index (χ4v) is 2.81. The minimum absolute atomic E-state index is 0.0450. The van der Waals surface area contributed by atoms with E-state index < -0.39 is 12.1 Å². The summed E-state index contributed by atoms with van der Waals surface area (Å²) in [5.74, 6) is 0.0409. The molecule has 120 valence electrons. The van der Waals surface area contributed by atoms with E-state index in [0.29, 0.717) is 11.5 Å². The van der Waals surface area contributed by atoms with Crippen molar-refractivity contribution in [3.63, 3.8) is 0 Å². The van der Waals surface area contributed by atoms with Gasteiger partial charge in [0.25, 0.3) is 0 Å². The maximum Gasteiger partial charge on any atom is 0.309 e.